The number of aliphatic imine (C=N–C) groups is 1. The predicted octanol–water partition coefficient (Wildman–Crippen LogP) is 0.970. The second kappa shape index (κ2) is 5.64. The Morgan fingerprint density at radius 3 is 2.84 bits per heavy atom. The molecule has 4 N–H and O–H groups in total. The molecule has 2 rings (SSSR count). The minimum atomic E-state index is -0.651. The van der Waals surface area contributed by atoms with Crippen molar-refractivity contribution in [3.63, 3.8) is 0 Å². The van der Waals surface area contributed by atoms with Crippen molar-refractivity contribution in [1.29, 1.82) is 0 Å². The summed E-state index contributed by atoms with van der Waals surface area (Å²) in [5.74, 6) is -1.63. The summed E-state index contributed by atoms with van der Waals surface area (Å²) in [5.41, 5.74) is 5.37. The number of guanidine groups is 1. The lowest BCUT2D eigenvalue weighted by Gasteiger charge is -2.07. The van der Waals surface area contributed by atoms with Gasteiger partial charge < -0.3 is 16.4 Å². The second-order valence-electron chi connectivity index (χ2n) is 4.29. The van der Waals surface area contributed by atoms with E-state index < -0.39 is 11.6 Å². The molecule has 0 radical (unpaired) electrons. The van der Waals surface area contributed by atoms with Gasteiger partial charge in [0.15, 0.2) is 5.96 Å². The summed E-state index contributed by atoms with van der Waals surface area (Å²) in [6, 6.07) is 3.18. The first-order chi connectivity index (χ1) is 9.04. The van der Waals surface area contributed by atoms with Crippen molar-refractivity contribution in [2.24, 2.45) is 10.7 Å². The molecule has 0 bridgehead atoms. The van der Waals surface area contributed by atoms with Crippen LogP contribution in [-0.4, -0.2) is 24.5 Å². The zero-order valence-corrected chi connectivity index (χ0v) is 10.1. The Morgan fingerprint density at radius 2 is 2.16 bits per heavy atom. The van der Waals surface area contributed by atoms with E-state index in [0.29, 0.717) is 0 Å². The number of carbonyl (C=O) groups excluding carboxylic acids is 1. The monoisotopic (exact) mass is 268 g/mol. The van der Waals surface area contributed by atoms with Crippen LogP contribution in [0.4, 0.5) is 14.5 Å². The molecule has 1 aliphatic rings. The van der Waals surface area contributed by atoms with Gasteiger partial charge in [0.1, 0.15) is 18.2 Å². The van der Waals surface area contributed by atoms with Crippen LogP contribution < -0.4 is 16.4 Å². The van der Waals surface area contributed by atoms with E-state index in [1.807, 2.05) is 0 Å². The van der Waals surface area contributed by atoms with E-state index in [4.69, 9.17) is 5.73 Å². The molecule has 0 unspecified atom stereocenters. The maximum Gasteiger partial charge on any atom is 0.242 e. The first-order valence-corrected chi connectivity index (χ1v) is 5.86. The molecule has 1 aromatic carbocycles. The normalized spacial score (nSPS) is 15.2. The van der Waals surface area contributed by atoms with Crippen molar-refractivity contribution < 1.29 is 13.6 Å². The summed E-state index contributed by atoms with van der Waals surface area (Å²) < 4.78 is 26.2. The lowest BCUT2D eigenvalue weighted by Crippen LogP contribution is -2.30. The first kappa shape index (κ1) is 13.3. The average Bonchev–Trinajstić information content (AvgIpc) is 3.15. The minimum Gasteiger partial charge on any atom is -0.370 e. The molecule has 0 spiro atoms. The molecule has 0 saturated heterocycles. The van der Waals surface area contributed by atoms with Gasteiger partial charge >= 0.3 is 0 Å². The SMILES string of the molecule is NC(=NCC(=O)NC1CC1)Nc1cc(F)ccc1F. The fraction of sp³-hybridized carbons (Fsp3) is 0.333. The number of carbonyl (C=O) groups is 1. The third kappa shape index (κ3) is 4.20. The Kier molecular flexibility index (Phi) is 3.94. The van der Waals surface area contributed by atoms with Crippen molar-refractivity contribution in [3.8, 4) is 0 Å². The quantitative estimate of drug-likeness (QED) is 0.562. The number of nitrogens with two attached hydrogens (primary N) is 1. The Hall–Kier alpha value is -2.18. The Labute approximate surface area is 108 Å². The van der Waals surface area contributed by atoms with E-state index in [1.165, 1.54) is 0 Å². The predicted molar refractivity (Wildman–Crippen MR) is 67.6 cm³/mol. The number of nitrogens with zero attached hydrogens (tertiary/aromatic N) is 1. The van der Waals surface area contributed by atoms with Crippen LogP contribution in [-0.2, 0) is 4.79 Å². The van der Waals surface area contributed by atoms with E-state index in [2.05, 4.69) is 15.6 Å². The van der Waals surface area contributed by atoms with Crippen LogP contribution in [0.5, 0.6) is 0 Å². The van der Waals surface area contributed by atoms with E-state index >= 15 is 0 Å². The van der Waals surface area contributed by atoms with Gasteiger partial charge in [0.2, 0.25) is 5.91 Å². The summed E-state index contributed by atoms with van der Waals surface area (Å²) in [5, 5.41) is 5.14. The lowest BCUT2D eigenvalue weighted by molar-refractivity contribution is -0.119. The molecular formula is C12H14F2N4O. The molecule has 102 valence electrons. The molecule has 1 amide bonds. The van der Waals surface area contributed by atoms with Crippen molar-refractivity contribution in [2.75, 3.05) is 11.9 Å². The number of amides is 1. The Balaban J connectivity index is 1.89. The van der Waals surface area contributed by atoms with Crippen LogP contribution in [0.1, 0.15) is 12.8 Å². The number of anilines is 1. The van der Waals surface area contributed by atoms with Crippen LogP contribution in [0.25, 0.3) is 0 Å². The lowest BCUT2D eigenvalue weighted by atomic mass is 10.3. The van der Waals surface area contributed by atoms with Gasteiger partial charge in [-0.3, -0.25) is 4.79 Å². The zero-order valence-electron chi connectivity index (χ0n) is 10.1. The fourth-order valence-corrected chi connectivity index (χ4v) is 1.43. The van der Waals surface area contributed by atoms with E-state index in [1.54, 1.807) is 0 Å². The van der Waals surface area contributed by atoms with Crippen molar-refractivity contribution in [2.45, 2.75) is 18.9 Å². The highest BCUT2D eigenvalue weighted by molar-refractivity contribution is 5.94. The van der Waals surface area contributed by atoms with Crippen LogP contribution in [0, 0.1) is 11.6 Å². The highest BCUT2D eigenvalue weighted by Crippen LogP contribution is 2.18. The maximum atomic E-state index is 13.3. The number of nitrogens with one attached hydrogen (secondary N) is 2. The number of rotatable bonds is 4. The highest BCUT2D eigenvalue weighted by atomic mass is 19.1. The van der Waals surface area contributed by atoms with Crippen LogP contribution in [0.3, 0.4) is 0 Å². The molecule has 7 heteroatoms. The van der Waals surface area contributed by atoms with Crippen molar-refractivity contribution in [3.05, 3.63) is 29.8 Å². The summed E-state index contributed by atoms with van der Waals surface area (Å²) >= 11 is 0. The smallest absolute Gasteiger partial charge is 0.242 e. The number of benzene rings is 1. The number of hydrogen-bond acceptors (Lipinski definition) is 2. The molecule has 0 aromatic heterocycles. The molecule has 1 fully saturated rings. The van der Waals surface area contributed by atoms with Crippen molar-refractivity contribution in [1.82, 2.24) is 5.32 Å². The number of halogens is 2. The molecule has 0 atom stereocenters. The first-order valence-electron chi connectivity index (χ1n) is 5.86. The van der Waals surface area contributed by atoms with Gasteiger partial charge in [0.25, 0.3) is 0 Å². The maximum absolute atomic E-state index is 13.3. The van der Waals surface area contributed by atoms with Crippen LogP contribution in [0.15, 0.2) is 23.2 Å². The van der Waals surface area contributed by atoms with Crippen molar-refractivity contribution >= 4 is 17.6 Å². The summed E-state index contributed by atoms with van der Waals surface area (Å²) in [6.45, 7) is -0.147. The molecule has 5 nitrogen and oxygen atoms in total. The molecule has 1 aromatic rings. The molecule has 0 heterocycles. The van der Waals surface area contributed by atoms with E-state index in [9.17, 15) is 13.6 Å². The van der Waals surface area contributed by atoms with Gasteiger partial charge in [0.05, 0.1) is 5.69 Å². The molecule has 19 heavy (non-hydrogen) atoms. The summed E-state index contributed by atoms with van der Waals surface area (Å²) in [7, 11) is 0. The van der Waals surface area contributed by atoms with Gasteiger partial charge in [-0.15, -0.1) is 0 Å². The summed E-state index contributed by atoms with van der Waals surface area (Å²) in [4.78, 5) is 15.1. The standard InChI is InChI=1S/C12H14F2N4O/c13-7-1-4-9(14)10(5-7)18-12(15)16-6-11(19)17-8-2-3-8/h1,4-5,8H,2-3,6H2,(H,17,19)(H3,15,16,18). The van der Waals surface area contributed by atoms with Gasteiger partial charge in [-0.05, 0) is 25.0 Å². The molecule has 0 aliphatic heterocycles. The minimum absolute atomic E-state index is 0.121. The topological polar surface area (TPSA) is 79.5 Å². The largest absolute Gasteiger partial charge is 0.370 e. The Bertz CT molecular complexity index is 514. The fourth-order valence-electron chi connectivity index (χ4n) is 1.43. The van der Waals surface area contributed by atoms with Crippen LogP contribution >= 0.6 is 0 Å². The highest BCUT2D eigenvalue weighted by Gasteiger charge is 2.22. The van der Waals surface area contributed by atoms with Gasteiger partial charge in [-0.1, -0.05) is 0 Å². The third-order valence-corrected chi connectivity index (χ3v) is 2.53. The zero-order chi connectivity index (χ0) is 13.8. The third-order valence-electron chi connectivity index (χ3n) is 2.53. The van der Waals surface area contributed by atoms with E-state index in [0.717, 1.165) is 31.0 Å². The van der Waals surface area contributed by atoms with Gasteiger partial charge in [0, 0.05) is 12.1 Å². The molecule has 1 aliphatic carbocycles. The second-order valence-corrected chi connectivity index (χ2v) is 4.29. The van der Waals surface area contributed by atoms with Gasteiger partial charge in [-0.25, -0.2) is 13.8 Å². The van der Waals surface area contributed by atoms with Crippen LogP contribution in [0.2, 0.25) is 0 Å². The molecule has 1 saturated carbocycles. The van der Waals surface area contributed by atoms with E-state index in [-0.39, 0.29) is 30.1 Å². The van der Waals surface area contributed by atoms with Gasteiger partial charge in [-0.2, -0.15) is 0 Å². The number of hydrogen-bond donors (Lipinski definition) is 3. The average molecular weight is 268 g/mol. The molecular weight excluding hydrogens is 254 g/mol. The Morgan fingerprint density at radius 1 is 1.42 bits per heavy atom. The summed E-state index contributed by atoms with van der Waals surface area (Å²) in [6.07, 6.45) is 1.97.